The quantitative estimate of drug-likeness (QED) is 0.460. The molecule has 0 aliphatic carbocycles. The Balaban J connectivity index is 1.65. The molecule has 5 rings (SSSR count). The fraction of sp³-hybridized carbons (Fsp3) is 0.318. The highest BCUT2D eigenvalue weighted by Gasteiger charge is 2.32. The van der Waals surface area contributed by atoms with Gasteiger partial charge in [0, 0.05) is 5.56 Å². The summed E-state index contributed by atoms with van der Waals surface area (Å²) >= 11 is 1.54. The average molecular weight is 466 g/mol. The molecule has 1 aromatic carbocycles. The number of carbonyl (C=O) groups excluding carboxylic acids is 1. The number of nitrogens with zero attached hydrogens (tertiary/aromatic N) is 5. The minimum atomic E-state index is -0.145. The number of nitrogens with one attached hydrogen (secondary N) is 2. The maximum absolute atomic E-state index is 12.7. The Morgan fingerprint density at radius 2 is 2.06 bits per heavy atom. The van der Waals surface area contributed by atoms with Crippen molar-refractivity contribution in [2.45, 2.75) is 32.1 Å². The van der Waals surface area contributed by atoms with Crippen molar-refractivity contribution in [3.63, 3.8) is 0 Å². The highest BCUT2D eigenvalue weighted by molar-refractivity contribution is 8.00. The number of ether oxygens (including phenoxy) is 2. The predicted octanol–water partition coefficient (Wildman–Crippen LogP) is 3.42. The zero-order valence-corrected chi connectivity index (χ0v) is 19.4. The summed E-state index contributed by atoms with van der Waals surface area (Å²) in [6.45, 7) is 5.87. The lowest BCUT2D eigenvalue weighted by Crippen LogP contribution is -2.16. The second-order valence-electron chi connectivity index (χ2n) is 7.87. The Hall–Kier alpha value is -3.60. The molecule has 0 spiro atoms. The lowest BCUT2D eigenvalue weighted by atomic mass is 10.0. The van der Waals surface area contributed by atoms with Crippen LogP contribution in [-0.4, -0.2) is 54.6 Å². The number of rotatable bonds is 5. The summed E-state index contributed by atoms with van der Waals surface area (Å²) in [6.07, 6.45) is 3.02. The number of fused-ring (bicyclic) bond motifs is 2. The third-order valence-electron chi connectivity index (χ3n) is 5.26. The number of thioether (sulfide) groups is 1. The smallest absolute Gasteiger partial charge is 0.235 e. The first-order valence-electron chi connectivity index (χ1n) is 10.5. The van der Waals surface area contributed by atoms with Crippen molar-refractivity contribution < 1.29 is 14.3 Å². The van der Waals surface area contributed by atoms with E-state index in [1.54, 1.807) is 29.9 Å². The number of H-pyrrole nitrogens is 1. The molecule has 0 bridgehead atoms. The van der Waals surface area contributed by atoms with Crippen LogP contribution in [0.1, 0.15) is 35.9 Å². The molecule has 1 unspecified atom stereocenters. The van der Waals surface area contributed by atoms with Gasteiger partial charge in [0.1, 0.15) is 17.7 Å². The second kappa shape index (κ2) is 8.39. The summed E-state index contributed by atoms with van der Waals surface area (Å²) in [4.78, 5) is 28.5. The van der Waals surface area contributed by atoms with Gasteiger partial charge in [-0.15, -0.1) is 11.8 Å². The van der Waals surface area contributed by atoms with Gasteiger partial charge in [-0.05, 0) is 38.5 Å². The van der Waals surface area contributed by atoms with Crippen LogP contribution in [0.15, 0.2) is 30.9 Å². The van der Waals surface area contributed by atoms with Gasteiger partial charge in [-0.2, -0.15) is 9.78 Å². The van der Waals surface area contributed by atoms with Crippen LogP contribution in [0.4, 0.5) is 5.82 Å². The number of methoxy groups -OCH3 is 1. The van der Waals surface area contributed by atoms with Gasteiger partial charge in [-0.1, -0.05) is 6.07 Å². The summed E-state index contributed by atoms with van der Waals surface area (Å²) in [6, 6.07) is 5.88. The van der Waals surface area contributed by atoms with Crippen LogP contribution in [0, 0.1) is 6.92 Å². The van der Waals surface area contributed by atoms with E-state index >= 15 is 0 Å². The Kier molecular flexibility index (Phi) is 5.41. The minimum absolute atomic E-state index is 0.0260. The highest BCUT2D eigenvalue weighted by atomic mass is 32.2. The lowest BCUT2D eigenvalue weighted by molar-refractivity contribution is -0.113. The van der Waals surface area contributed by atoms with Gasteiger partial charge in [-0.3, -0.25) is 4.79 Å². The molecule has 0 radical (unpaired) electrons. The number of benzene rings is 1. The molecule has 1 atom stereocenters. The number of hydrogen-bond acceptors (Lipinski definition) is 8. The van der Waals surface area contributed by atoms with Crippen molar-refractivity contribution in [2.24, 2.45) is 0 Å². The van der Waals surface area contributed by atoms with Gasteiger partial charge in [0.15, 0.2) is 23.0 Å². The molecule has 2 N–H and O–H groups in total. The van der Waals surface area contributed by atoms with Gasteiger partial charge < -0.3 is 19.8 Å². The van der Waals surface area contributed by atoms with Crippen molar-refractivity contribution in [1.82, 2.24) is 29.7 Å². The normalized spacial score (nSPS) is 15.9. The summed E-state index contributed by atoms with van der Waals surface area (Å²) in [5, 5.41) is 7.62. The minimum Gasteiger partial charge on any atom is -0.493 e. The summed E-state index contributed by atoms with van der Waals surface area (Å²) in [7, 11) is 1.62. The molecule has 1 aliphatic heterocycles. The number of hydrogen-bond donors (Lipinski definition) is 2. The van der Waals surface area contributed by atoms with E-state index in [4.69, 9.17) is 14.6 Å². The topological polar surface area (TPSA) is 120 Å². The van der Waals surface area contributed by atoms with Crippen LogP contribution < -0.4 is 14.8 Å². The Morgan fingerprint density at radius 3 is 2.85 bits per heavy atom. The number of anilines is 1. The number of aromatic nitrogens is 6. The fourth-order valence-corrected chi connectivity index (χ4v) is 5.09. The first kappa shape index (κ1) is 21.3. The summed E-state index contributed by atoms with van der Waals surface area (Å²) < 4.78 is 13.1. The van der Waals surface area contributed by atoms with Crippen LogP contribution in [0.25, 0.3) is 17.0 Å². The lowest BCUT2D eigenvalue weighted by Gasteiger charge is -2.19. The molecule has 4 heterocycles. The van der Waals surface area contributed by atoms with E-state index in [1.807, 2.05) is 39.0 Å². The van der Waals surface area contributed by atoms with Gasteiger partial charge in [-0.25, -0.2) is 15.0 Å². The maximum Gasteiger partial charge on any atom is 0.235 e. The van der Waals surface area contributed by atoms with Gasteiger partial charge in [0.05, 0.1) is 36.2 Å². The number of aromatic amines is 1. The van der Waals surface area contributed by atoms with E-state index in [9.17, 15) is 4.79 Å². The summed E-state index contributed by atoms with van der Waals surface area (Å²) in [5.41, 5.74) is 3.86. The van der Waals surface area contributed by atoms with Crippen molar-refractivity contribution in [1.29, 1.82) is 0 Å². The molecule has 1 aliphatic rings. The third kappa shape index (κ3) is 3.78. The largest absolute Gasteiger partial charge is 0.493 e. The van der Waals surface area contributed by atoms with E-state index in [-0.39, 0.29) is 17.3 Å². The predicted molar refractivity (Wildman–Crippen MR) is 125 cm³/mol. The fourth-order valence-electron chi connectivity index (χ4n) is 3.91. The zero-order valence-electron chi connectivity index (χ0n) is 18.6. The molecule has 10 nitrogen and oxygen atoms in total. The molecular formula is C22H23N7O3S. The standard InChI is InChI=1S/C22H23N7O3S/c1-11(2)32-14-6-5-13(7-15(14)31-4)19-17-12(3)28-29(21(17)27-16(30)8-33-19)22-18-20(24-9-23-18)25-10-26-22/h5-7,9-11,19H,8H2,1-4H3,(H,27,30)(H,23,24,25,26). The van der Waals surface area contributed by atoms with E-state index in [0.29, 0.717) is 40.1 Å². The van der Waals surface area contributed by atoms with Gasteiger partial charge >= 0.3 is 0 Å². The maximum atomic E-state index is 12.7. The van der Waals surface area contributed by atoms with Gasteiger partial charge in [0.2, 0.25) is 5.91 Å². The molecule has 3 aromatic heterocycles. The number of aryl methyl sites for hydroxylation is 1. The first-order valence-corrected chi connectivity index (χ1v) is 11.5. The third-order valence-corrected chi connectivity index (χ3v) is 6.53. The Morgan fingerprint density at radius 1 is 1.21 bits per heavy atom. The molecule has 33 heavy (non-hydrogen) atoms. The Labute approximate surface area is 194 Å². The van der Waals surface area contributed by atoms with E-state index in [0.717, 1.165) is 16.8 Å². The SMILES string of the molecule is COc1cc(C2SCC(=O)Nc3c2c(C)nn3-c2ncnc3nc[nH]c23)ccc1OC(C)C. The monoisotopic (exact) mass is 465 g/mol. The van der Waals surface area contributed by atoms with E-state index in [2.05, 4.69) is 25.3 Å². The van der Waals surface area contributed by atoms with Crippen molar-refractivity contribution in [3.05, 3.63) is 47.7 Å². The molecule has 0 saturated carbocycles. The molecule has 4 aromatic rings. The molecule has 0 fully saturated rings. The molecular weight excluding hydrogens is 442 g/mol. The van der Waals surface area contributed by atoms with E-state index in [1.165, 1.54) is 6.33 Å². The first-order chi connectivity index (χ1) is 16.0. The number of imidazole rings is 1. The zero-order chi connectivity index (χ0) is 23.1. The number of amides is 1. The van der Waals surface area contributed by atoms with Gasteiger partial charge in [0.25, 0.3) is 0 Å². The van der Waals surface area contributed by atoms with Crippen LogP contribution in [0.3, 0.4) is 0 Å². The molecule has 0 saturated heterocycles. The Bertz CT molecular complexity index is 1350. The van der Waals surface area contributed by atoms with Crippen LogP contribution in [-0.2, 0) is 4.79 Å². The highest BCUT2D eigenvalue weighted by Crippen LogP contribution is 2.45. The summed E-state index contributed by atoms with van der Waals surface area (Å²) in [5.74, 6) is 2.63. The average Bonchev–Trinajstić information content (AvgIpc) is 3.34. The van der Waals surface area contributed by atoms with Crippen molar-refractivity contribution >= 4 is 34.7 Å². The second-order valence-corrected chi connectivity index (χ2v) is 8.97. The van der Waals surface area contributed by atoms with E-state index < -0.39 is 0 Å². The van der Waals surface area contributed by atoms with Crippen molar-refractivity contribution in [3.8, 4) is 17.3 Å². The van der Waals surface area contributed by atoms with Crippen LogP contribution in [0.2, 0.25) is 0 Å². The molecule has 170 valence electrons. The molecule has 1 amide bonds. The van der Waals surface area contributed by atoms with Crippen LogP contribution >= 0.6 is 11.8 Å². The molecule has 11 heteroatoms. The van der Waals surface area contributed by atoms with Crippen LogP contribution in [0.5, 0.6) is 11.5 Å². The number of carbonyl (C=O) groups is 1. The van der Waals surface area contributed by atoms with Crippen molar-refractivity contribution in [2.75, 3.05) is 18.2 Å².